The van der Waals surface area contributed by atoms with Gasteiger partial charge in [-0.2, -0.15) is 0 Å². The third-order valence-corrected chi connectivity index (χ3v) is 4.80. The van der Waals surface area contributed by atoms with Crippen LogP contribution in [0.3, 0.4) is 0 Å². The summed E-state index contributed by atoms with van der Waals surface area (Å²) < 4.78 is 4.89. The predicted molar refractivity (Wildman–Crippen MR) is 108 cm³/mol. The number of likely N-dealkylation sites (tertiary alicyclic amines) is 2. The molecule has 0 radical (unpaired) electrons. The van der Waals surface area contributed by atoms with Crippen molar-refractivity contribution in [2.24, 2.45) is 16.8 Å². The van der Waals surface area contributed by atoms with E-state index in [4.69, 9.17) is 4.74 Å². The lowest BCUT2D eigenvalue weighted by atomic mass is 9.99. The maximum absolute atomic E-state index is 12.1. The quantitative estimate of drug-likeness (QED) is 0.287. The highest BCUT2D eigenvalue weighted by Crippen LogP contribution is 2.24. The fraction of sp³-hybridized carbons (Fsp3) is 0.824. The second-order valence-electron chi connectivity index (χ2n) is 6.59. The van der Waals surface area contributed by atoms with Gasteiger partial charge in [0.2, 0.25) is 5.91 Å². The van der Waals surface area contributed by atoms with Gasteiger partial charge >= 0.3 is 5.97 Å². The summed E-state index contributed by atoms with van der Waals surface area (Å²) >= 11 is 0. The van der Waals surface area contributed by atoms with E-state index in [1.807, 2.05) is 11.8 Å². The molecule has 8 heteroatoms. The minimum absolute atomic E-state index is 0. The number of carbonyl (C=O) groups is 2. The second-order valence-corrected chi connectivity index (χ2v) is 6.59. The number of guanidine groups is 1. The van der Waals surface area contributed by atoms with Crippen LogP contribution in [-0.4, -0.2) is 74.0 Å². The third-order valence-electron chi connectivity index (χ3n) is 4.80. The molecule has 2 saturated heterocycles. The molecule has 2 unspecified atom stereocenters. The number of rotatable bonds is 5. The Morgan fingerprint density at radius 2 is 1.88 bits per heavy atom. The van der Waals surface area contributed by atoms with E-state index < -0.39 is 0 Å². The van der Waals surface area contributed by atoms with Gasteiger partial charge in [-0.1, -0.05) is 6.92 Å². The normalized spacial score (nSPS) is 23.4. The summed E-state index contributed by atoms with van der Waals surface area (Å²) in [6, 6.07) is 0. The number of ether oxygens (including phenoxy) is 1. The molecule has 2 aliphatic heterocycles. The van der Waals surface area contributed by atoms with Crippen molar-refractivity contribution in [3.05, 3.63) is 0 Å². The van der Waals surface area contributed by atoms with E-state index in [2.05, 4.69) is 22.1 Å². The smallest absolute Gasteiger partial charge is 0.310 e. The van der Waals surface area contributed by atoms with E-state index in [-0.39, 0.29) is 47.7 Å². The number of nitrogens with one attached hydrogen (secondary N) is 1. The molecule has 1 amide bonds. The molecule has 0 saturated carbocycles. The summed E-state index contributed by atoms with van der Waals surface area (Å²) in [7, 11) is 1.43. The molecule has 0 bridgehead atoms. The second kappa shape index (κ2) is 10.8. The number of carbonyl (C=O) groups excluding carboxylic acids is 2. The van der Waals surface area contributed by atoms with E-state index in [1.165, 1.54) is 7.11 Å². The Hall–Kier alpha value is -1.06. The molecule has 2 heterocycles. The van der Waals surface area contributed by atoms with Gasteiger partial charge in [0.1, 0.15) is 0 Å². The third kappa shape index (κ3) is 6.00. The molecule has 2 rings (SSSR count). The number of halogens is 1. The molecule has 1 N–H and O–H groups in total. The number of amides is 1. The fourth-order valence-electron chi connectivity index (χ4n) is 3.41. The van der Waals surface area contributed by atoms with Crippen LogP contribution in [-0.2, 0) is 14.3 Å². The zero-order chi connectivity index (χ0) is 17.5. The van der Waals surface area contributed by atoms with Gasteiger partial charge in [0.15, 0.2) is 5.96 Å². The molecule has 0 spiro atoms. The average Bonchev–Trinajstić information content (AvgIpc) is 3.23. The lowest BCUT2D eigenvalue weighted by molar-refractivity contribution is -0.146. The molecule has 0 aromatic carbocycles. The maximum atomic E-state index is 12.1. The molecular formula is C17H31IN4O3. The summed E-state index contributed by atoms with van der Waals surface area (Å²) in [5.74, 6) is 0.919. The van der Waals surface area contributed by atoms with Crippen molar-refractivity contribution in [3.63, 3.8) is 0 Å². The minimum atomic E-state index is -0.162. The summed E-state index contributed by atoms with van der Waals surface area (Å²) in [6.45, 7) is 8.45. The molecule has 7 nitrogen and oxygen atoms in total. The number of nitrogens with zero attached hydrogens (tertiary/aromatic N) is 3. The Morgan fingerprint density at radius 1 is 1.20 bits per heavy atom. The van der Waals surface area contributed by atoms with Gasteiger partial charge in [-0.3, -0.25) is 14.6 Å². The Kier molecular flexibility index (Phi) is 9.52. The van der Waals surface area contributed by atoms with Gasteiger partial charge in [-0.25, -0.2) is 0 Å². The first kappa shape index (κ1) is 22.0. The number of hydrogen-bond donors (Lipinski definition) is 1. The van der Waals surface area contributed by atoms with Crippen LogP contribution in [0.25, 0.3) is 0 Å². The van der Waals surface area contributed by atoms with Gasteiger partial charge in [-0.05, 0) is 25.7 Å². The van der Waals surface area contributed by atoms with Crippen molar-refractivity contribution in [1.82, 2.24) is 15.1 Å². The first-order chi connectivity index (χ1) is 11.6. The maximum Gasteiger partial charge on any atom is 0.310 e. The molecule has 2 aliphatic rings. The van der Waals surface area contributed by atoms with Crippen LogP contribution in [0.5, 0.6) is 0 Å². The number of aliphatic imine (C=N–C) groups is 1. The van der Waals surface area contributed by atoms with Crippen LogP contribution in [0.4, 0.5) is 0 Å². The molecule has 25 heavy (non-hydrogen) atoms. The SMILES string of the molecule is CCNC(=NCCC(=O)N1CCCC1)N1CC(C)C(C(=O)OC)C1.I. The monoisotopic (exact) mass is 466 g/mol. The van der Waals surface area contributed by atoms with Crippen LogP contribution in [0.2, 0.25) is 0 Å². The zero-order valence-corrected chi connectivity index (χ0v) is 17.8. The standard InChI is InChI=1S/C17H30N4O3.HI/c1-4-18-17(19-8-7-15(22)20-9-5-6-10-20)21-11-13(2)14(12-21)16(23)24-3;/h13-14H,4-12H2,1-3H3,(H,18,19);1H. The van der Waals surface area contributed by atoms with E-state index in [1.54, 1.807) is 0 Å². The van der Waals surface area contributed by atoms with Crippen LogP contribution < -0.4 is 5.32 Å². The lowest BCUT2D eigenvalue weighted by Crippen LogP contribution is -2.41. The van der Waals surface area contributed by atoms with Crippen LogP contribution in [0.15, 0.2) is 4.99 Å². The zero-order valence-electron chi connectivity index (χ0n) is 15.5. The Balaban J connectivity index is 0.00000312. The van der Waals surface area contributed by atoms with Gasteiger partial charge in [0, 0.05) is 39.1 Å². The number of esters is 1. The summed E-state index contributed by atoms with van der Waals surface area (Å²) in [4.78, 5) is 32.6. The highest BCUT2D eigenvalue weighted by atomic mass is 127. The van der Waals surface area contributed by atoms with Crippen LogP contribution >= 0.6 is 24.0 Å². The molecule has 0 aromatic rings. The van der Waals surface area contributed by atoms with Gasteiger partial charge in [0.25, 0.3) is 0 Å². The minimum Gasteiger partial charge on any atom is -0.469 e. The highest BCUT2D eigenvalue weighted by molar-refractivity contribution is 14.0. The topological polar surface area (TPSA) is 74.2 Å². The Bertz CT molecular complexity index is 481. The molecule has 2 fully saturated rings. The van der Waals surface area contributed by atoms with Crippen LogP contribution in [0, 0.1) is 11.8 Å². The summed E-state index contributed by atoms with van der Waals surface area (Å²) in [6.07, 6.45) is 2.66. The van der Waals surface area contributed by atoms with Crippen LogP contribution in [0.1, 0.15) is 33.1 Å². The molecule has 0 aliphatic carbocycles. The van der Waals surface area contributed by atoms with Crippen molar-refractivity contribution in [2.75, 3.05) is 46.4 Å². The summed E-state index contributed by atoms with van der Waals surface area (Å²) in [5, 5.41) is 3.26. The molecular weight excluding hydrogens is 435 g/mol. The van der Waals surface area contributed by atoms with Crippen molar-refractivity contribution in [3.8, 4) is 0 Å². The van der Waals surface area contributed by atoms with Gasteiger partial charge in [-0.15, -0.1) is 24.0 Å². The van der Waals surface area contributed by atoms with E-state index in [0.717, 1.165) is 45.0 Å². The first-order valence-corrected chi connectivity index (χ1v) is 8.95. The first-order valence-electron chi connectivity index (χ1n) is 8.95. The van der Waals surface area contributed by atoms with Crippen molar-refractivity contribution in [2.45, 2.75) is 33.1 Å². The van der Waals surface area contributed by atoms with Crippen molar-refractivity contribution in [1.29, 1.82) is 0 Å². The van der Waals surface area contributed by atoms with Crippen molar-refractivity contribution >= 4 is 41.8 Å². The van der Waals surface area contributed by atoms with Crippen molar-refractivity contribution < 1.29 is 14.3 Å². The van der Waals surface area contributed by atoms with Gasteiger partial charge < -0.3 is 19.9 Å². The van der Waals surface area contributed by atoms with Gasteiger partial charge in [0.05, 0.1) is 19.6 Å². The fourth-order valence-corrected chi connectivity index (χ4v) is 3.41. The lowest BCUT2D eigenvalue weighted by Gasteiger charge is -2.21. The van der Waals surface area contributed by atoms with E-state index in [9.17, 15) is 9.59 Å². The highest BCUT2D eigenvalue weighted by Gasteiger charge is 2.36. The molecule has 0 aromatic heterocycles. The largest absolute Gasteiger partial charge is 0.469 e. The Labute approximate surface area is 167 Å². The van der Waals surface area contributed by atoms with E-state index in [0.29, 0.717) is 19.5 Å². The Morgan fingerprint density at radius 3 is 2.48 bits per heavy atom. The average molecular weight is 466 g/mol. The molecule has 2 atom stereocenters. The van der Waals surface area contributed by atoms with E-state index >= 15 is 0 Å². The predicted octanol–water partition coefficient (Wildman–Crippen LogP) is 1.32. The summed E-state index contributed by atoms with van der Waals surface area (Å²) in [5.41, 5.74) is 0. The number of methoxy groups -OCH3 is 1. The number of hydrogen-bond acceptors (Lipinski definition) is 4. The molecule has 144 valence electrons.